The molecule has 1 unspecified atom stereocenters. The molecule has 2 aromatic rings. The molecule has 0 spiro atoms. The molecule has 156 valence electrons. The van der Waals surface area contributed by atoms with Crippen LogP contribution in [0.4, 0.5) is 5.69 Å². The topological polar surface area (TPSA) is 65.4 Å². The molecule has 2 heterocycles. The van der Waals surface area contributed by atoms with Crippen LogP contribution in [0, 0.1) is 11.3 Å². The maximum atomic E-state index is 12.6. The summed E-state index contributed by atoms with van der Waals surface area (Å²) < 4.78 is 5.99. The summed E-state index contributed by atoms with van der Waals surface area (Å²) in [5.41, 5.74) is 3.06. The summed E-state index contributed by atoms with van der Waals surface area (Å²) in [5, 5.41) is 12.6. The lowest BCUT2D eigenvalue weighted by Crippen LogP contribution is -2.29. The fourth-order valence-corrected chi connectivity index (χ4v) is 4.66. The number of nitrogens with zero attached hydrogens (tertiary/aromatic N) is 2. The number of carbonyl (C=O) groups excluding carboxylic acids is 1. The summed E-state index contributed by atoms with van der Waals surface area (Å²) in [6.45, 7) is 5.23. The van der Waals surface area contributed by atoms with E-state index in [-0.39, 0.29) is 11.8 Å². The number of nitriles is 1. The maximum Gasteiger partial charge on any atom is 0.232 e. The van der Waals surface area contributed by atoms with E-state index in [1.54, 1.807) is 18.2 Å². The van der Waals surface area contributed by atoms with Crippen LogP contribution in [0.1, 0.15) is 48.8 Å². The molecule has 1 fully saturated rings. The van der Waals surface area contributed by atoms with Gasteiger partial charge in [0.05, 0.1) is 24.2 Å². The van der Waals surface area contributed by atoms with Gasteiger partial charge in [-0.3, -0.25) is 4.79 Å². The van der Waals surface area contributed by atoms with Crippen LogP contribution in [0.3, 0.4) is 0 Å². The lowest BCUT2D eigenvalue weighted by molar-refractivity contribution is -0.117. The van der Waals surface area contributed by atoms with Gasteiger partial charge in [0.15, 0.2) is 0 Å². The van der Waals surface area contributed by atoms with Crippen molar-refractivity contribution in [1.82, 2.24) is 4.90 Å². The van der Waals surface area contributed by atoms with Crippen molar-refractivity contribution in [1.29, 1.82) is 5.26 Å². The first-order valence-electron chi connectivity index (χ1n) is 10.5. The van der Waals surface area contributed by atoms with Crippen molar-refractivity contribution in [3.05, 3.63) is 58.1 Å². The molecule has 2 aliphatic heterocycles. The van der Waals surface area contributed by atoms with Gasteiger partial charge >= 0.3 is 0 Å². The Morgan fingerprint density at radius 1 is 1.30 bits per heavy atom. The molecule has 0 bridgehead atoms. The molecule has 2 atom stereocenters. The zero-order valence-electron chi connectivity index (χ0n) is 17.2. The molecule has 0 radical (unpaired) electrons. The van der Waals surface area contributed by atoms with Gasteiger partial charge in [0.25, 0.3) is 0 Å². The fraction of sp³-hybridized carbons (Fsp3) is 0.417. The minimum Gasteiger partial charge on any atom is -0.494 e. The third-order valence-corrected chi connectivity index (χ3v) is 6.29. The highest BCUT2D eigenvalue weighted by Crippen LogP contribution is 2.35. The summed E-state index contributed by atoms with van der Waals surface area (Å²) in [5.74, 6) is 0.360. The van der Waals surface area contributed by atoms with Crippen LogP contribution in [-0.2, 0) is 11.2 Å². The Morgan fingerprint density at radius 3 is 2.93 bits per heavy atom. The number of hydrogen-bond acceptors (Lipinski definition) is 4. The van der Waals surface area contributed by atoms with Gasteiger partial charge in [-0.05, 0) is 86.7 Å². The minimum atomic E-state index is -0.379. The fourth-order valence-electron chi connectivity index (χ4n) is 4.41. The molecule has 1 saturated heterocycles. The Bertz CT molecular complexity index is 985. The van der Waals surface area contributed by atoms with Gasteiger partial charge < -0.3 is 15.0 Å². The number of ether oxygens (including phenoxy) is 1. The van der Waals surface area contributed by atoms with Crippen molar-refractivity contribution in [3.63, 3.8) is 0 Å². The van der Waals surface area contributed by atoms with E-state index in [4.69, 9.17) is 16.3 Å². The van der Waals surface area contributed by atoms with Crippen LogP contribution in [0.25, 0.3) is 0 Å². The van der Waals surface area contributed by atoms with Gasteiger partial charge in [0.1, 0.15) is 5.75 Å². The van der Waals surface area contributed by atoms with Gasteiger partial charge in [-0.15, -0.1) is 0 Å². The normalized spacial score (nSPS) is 21.0. The molecule has 1 amide bonds. The Balaban J connectivity index is 1.41. The summed E-state index contributed by atoms with van der Waals surface area (Å²) in [6.07, 6.45) is 4.14. The van der Waals surface area contributed by atoms with Crippen molar-refractivity contribution < 1.29 is 9.53 Å². The average molecular weight is 424 g/mol. The van der Waals surface area contributed by atoms with Crippen LogP contribution >= 0.6 is 11.6 Å². The molecule has 0 saturated carbocycles. The van der Waals surface area contributed by atoms with Gasteiger partial charge in [-0.1, -0.05) is 11.6 Å². The van der Waals surface area contributed by atoms with E-state index in [0.29, 0.717) is 29.7 Å². The smallest absolute Gasteiger partial charge is 0.232 e. The highest BCUT2D eigenvalue weighted by atomic mass is 35.5. The first-order valence-corrected chi connectivity index (χ1v) is 10.9. The molecule has 2 aromatic carbocycles. The lowest BCUT2D eigenvalue weighted by Gasteiger charge is -2.26. The predicted molar refractivity (Wildman–Crippen MR) is 118 cm³/mol. The monoisotopic (exact) mass is 423 g/mol. The number of hydrogen-bond donors (Lipinski definition) is 1. The molecule has 6 heteroatoms. The number of rotatable bonds is 6. The second kappa shape index (κ2) is 9.07. The quantitative estimate of drug-likeness (QED) is 0.681. The number of nitrogens with one attached hydrogen (secondary N) is 1. The Hall–Kier alpha value is -2.55. The van der Waals surface area contributed by atoms with Crippen LogP contribution in [0.15, 0.2) is 36.4 Å². The Kier molecular flexibility index (Phi) is 6.26. The third kappa shape index (κ3) is 4.61. The van der Waals surface area contributed by atoms with Crippen LogP contribution in [0.2, 0.25) is 5.02 Å². The highest BCUT2D eigenvalue weighted by molar-refractivity contribution is 6.30. The molecule has 5 nitrogen and oxygen atoms in total. The number of halogens is 1. The molecule has 0 aromatic heterocycles. The van der Waals surface area contributed by atoms with Crippen molar-refractivity contribution in [3.8, 4) is 11.8 Å². The zero-order chi connectivity index (χ0) is 21.1. The number of fused-ring (bicyclic) bond motifs is 1. The number of carbonyl (C=O) groups is 1. The predicted octanol–water partition coefficient (Wildman–Crippen LogP) is 4.74. The van der Waals surface area contributed by atoms with E-state index >= 15 is 0 Å². The van der Waals surface area contributed by atoms with Crippen LogP contribution < -0.4 is 10.1 Å². The molecular weight excluding hydrogens is 398 g/mol. The highest BCUT2D eigenvalue weighted by Gasteiger charge is 2.28. The molecule has 1 N–H and O–H groups in total. The molecular formula is C24H26ClN3O2. The minimum absolute atomic E-state index is 0.0814. The SMILES string of the molecule is C[C@@H]1CCCN1CCCOc1ccc2c(c1)CC(c1cc(Cl)cc(C#N)c1)C(=O)N2. The molecule has 4 rings (SSSR count). The largest absolute Gasteiger partial charge is 0.494 e. The maximum absolute atomic E-state index is 12.6. The number of likely N-dealkylation sites (tertiary alicyclic amines) is 1. The summed E-state index contributed by atoms with van der Waals surface area (Å²) in [4.78, 5) is 15.2. The van der Waals surface area contributed by atoms with E-state index < -0.39 is 0 Å². The number of anilines is 1. The standard InChI is InChI=1S/C24H26ClN3O2/c1-16-4-2-7-28(16)8-3-9-30-21-5-6-23-19(13-21)14-22(24(29)27-23)18-10-17(15-26)11-20(25)12-18/h5-6,10-13,16,22H,2-4,7-9,14H2,1H3,(H,27,29)/t16-,22?/m1/s1. The number of benzene rings is 2. The zero-order valence-corrected chi connectivity index (χ0v) is 17.9. The first kappa shape index (κ1) is 20.7. The van der Waals surface area contributed by atoms with Gasteiger partial charge in [-0.2, -0.15) is 5.26 Å². The third-order valence-electron chi connectivity index (χ3n) is 6.08. The van der Waals surface area contributed by atoms with Gasteiger partial charge in [0.2, 0.25) is 5.91 Å². The summed E-state index contributed by atoms with van der Waals surface area (Å²) >= 11 is 6.14. The van der Waals surface area contributed by atoms with E-state index in [1.807, 2.05) is 18.2 Å². The van der Waals surface area contributed by atoms with Crippen LogP contribution in [0.5, 0.6) is 5.75 Å². The molecule has 0 aliphatic carbocycles. The molecule has 30 heavy (non-hydrogen) atoms. The lowest BCUT2D eigenvalue weighted by atomic mass is 9.87. The Labute approximate surface area is 182 Å². The van der Waals surface area contributed by atoms with Gasteiger partial charge in [0, 0.05) is 23.3 Å². The second-order valence-corrected chi connectivity index (χ2v) is 8.62. The molecule has 2 aliphatic rings. The number of amides is 1. The first-order chi connectivity index (χ1) is 14.5. The van der Waals surface area contributed by atoms with Crippen LogP contribution in [-0.4, -0.2) is 36.5 Å². The average Bonchev–Trinajstić information content (AvgIpc) is 3.15. The van der Waals surface area contributed by atoms with E-state index in [9.17, 15) is 10.1 Å². The van der Waals surface area contributed by atoms with Crippen molar-refractivity contribution in [2.24, 2.45) is 0 Å². The van der Waals surface area contributed by atoms with Crippen molar-refractivity contribution in [2.75, 3.05) is 25.0 Å². The van der Waals surface area contributed by atoms with Gasteiger partial charge in [-0.25, -0.2) is 0 Å². The summed E-state index contributed by atoms with van der Waals surface area (Å²) in [7, 11) is 0. The summed E-state index contributed by atoms with van der Waals surface area (Å²) in [6, 6.07) is 13.7. The van der Waals surface area contributed by atoms with E-state index in [1.165, 1.54) is 19.4 Å². The van der Waals surface area contributed by atoms with Crippen molar-refractivity contribution >= 4 is 23.2 Å². The second-order valence-electron chi connectivity index (χ2n) is 8.18. The van der Waals surface area contributed by atoms with E-state index in [0.717, 1.165) is 35.5 Å². The Morgan fingerprint density at radius 2 is 2.17 bits per heavy atom. The van der Waals surface area contributed by atoms with E-state index in [2.05, 4.69) is 23.2 Å². The van der Waals surface area contributed by atoms with Crippen molar-refractivity contribution in [2.45, 2.75) is 44.6 Å².